The van der Waals surface area contributed by atoms with Gasteiger partial charge in [0.1, 0.15) is 11.6 Å². The number of rotatable bonds is 6. The van der Waals surface area contributed by atoms with Crippen LogP contribution in [0.15, 0.2) is 0 Å². The van der Waals surface area contributed by atoms with Crippen LogP contribution in [0.25, 0.3) is 0 Å². The molecule has 22 heavy (non-hydrogen) atoms. The van der Waals surface area contributed by atoms with Gasteiger partial charge in [-0.05, 0) is 33.1 Å². The normalized spacial score (nSPS) is 12.0. The monoisotopic (exact) mass is 382 g/mol. The summed E-state index contributed by atoms with van der Waals surface area (Å²) in [5, 5.41) is 11.9. The Morgan fingerprint density at radius 2 is 1.77 bits per heavy atom. The van der Waals surface area contributed by atoms with Crippen molar-refractivity contribution in [2.24, 2.45) is 11.7 Å². The molecule has 0 spiro atoms. The van der Waals surface area contributed by atoms with Crippen molar-refractivity contribution in [1.82, 2.24) is 5.32 Å². The summed E-state index contributed by atoms with van der Waals surface area (Å²) < 4.78 is 4.99. The van der Waals surface area contributed by atoms with E-state index in [0.29, 0.717) is 18.2 Å². The molecule has 0 aliphatic rings. The first-order valence-electron chi connectivity index (χ1n) is 6.95. The molecule has 130 valence electrons. The zero-order chi connectivity index (χ0) is 17.9. The Hall–Kier alpha value is -1.31. The van der Waals surface area contributed by atoms with E-state index < -0.39 is 23.7 Å². The second kappa shape index (κ2) is 11.3. The third-order valence-electron chi connectivity index (χ3n) is 2.04. The number of carboxylic acid groups (broad SMARTS) is 1. The van der Waals surface area contributed by atoms with Gasteiger partial charge < -0.3 is 20.9 Å². The van der Waals surface area contributed by atoms with Gasteiger partial charge in [-0.25, -0.2) is 9.59 Å². The summed E-state index contributed by atoms with van der Waals surface area (Å²) >= 11 is 3.05. The van der Waals surface area contributed by atoms with Gasteiger partial charge in [-0.3, -0.25) is 4.79 Å². The average molecular weight is 383 g/mol. The van der Waals surface area contributed by atoms with Crippen LogP contribution in [0.5, 0.6) is 0 Å². The van der Waals surface area contributed by atoms with Gasteiger partial charge in [0.2, 0.25) is 5.91 Å². The van der Waals surface area contributed by atoms with Crippen LogP contribution in [0.3, 0.4) is 0 Å². The van der Waals surface area contributed by atoms with Crippen molar-refractivity contribution < 1.29 is 24.2 Å². The Morgan fingerprint density at radius 1 is 1.27 bits per heavy atom. The van der Waals surface area contributed by atoms with Crippen LogP contribution < -0.4 is 11.1 Å². The number of alkyl halides is 1. The van der Waals surface area contributed by atoms with Crippen LogP contribution in [0, 0.1) is 5.92 Å². The average Bonchev–Trinajstić information content (AvgIpc) is 2.25. The lowest BCUT2D eigenvalue weighted by Gasteiger charge is -2.22. The molecule has 0 fully saturated rings. The molecule has 0 bridgehead atoms. The van der Waals surface area contributed by atoms with Gasteiger partial charge in [0.15, 0.2) is 0 Å². The highest BCUT2D eigenvalue weighted by Gasteiger charge is 2.24. The van der Waals surface area contributed by atoms with Crippen molar-refractivity contribution in [3.63, 3.8) is 0 Å². The van der Waals surface area contributed by atoms with Gasteiger partial charge in [-0.2, -0.15) is 0 Å². The topological polar surface area (TPSA) is 119 Å². The van der Waals surface area contributed by atoms with E-state index in [9.17, 15) is 14.4 Å². The molecular formula is C14H27BrN2O5. The first-order chi connectivity index (χ1) is 9.88. The number of carbonyl (C=O) groups excluding carboxylic acids is 2. The van der Waals surface area contributed by atoms with E-state index in [0.717, 1.165) is 0 Å². The predicted molar refractivity (Wildman–Crippen MR) is 87.9 cm³/mol. The Morgan fingerprint density at radius 3 is 2.00 bits per heavy atom. The van der Waals surface area contributed by atoms with Crippen molar-refractivity contribution in [1.29, 1.82) is 0 Å². The summed E-state index contributed by atoms with van der Waals surface area (Å²) in [6.07, 6.45) is 0.120. The van der Waals surface area contributed by atoms with E-state index in [1.54, 1.807) is 20.8 Å². The summed E-state index contributed by atoms with van der Waals surface area (Å²) in [7, 11) is 0. The summed E-state index contributed by atoms with van der Waals surface area (Å²) in [4.78, 5) is 32.0. The fourth-order valence-corrected chi connectivity index (χ4v) is 1.63. The molecule has 0 aromatic carbocycles. The van der Waals surface area contributed by atoms with Crippen LogP contribution >= 0.6 is 15.9 Å². The third kappa shape index (κ3) is 16.7. The van der Waals surface area contributed by atoms with Gasteiger partial charge in [0.25, 0.3) is 0 Å². The zero-order valence-electron chi connectivity index (χ0n) is 13.8. The number of hydrogen-bond acceptors (Lipinski definition) is 4. The molecule has 0 aromatic heterocycles. The molecule has 1 unspecified atom stereocenters. The first-order valence-corrected chi connectivity index (χ1v) is 8.07. The molecule has 0 aromatic rings. The molecule has 7 nitrogen and oxygen atoms in total. The Labute approximate surface area is 140 Å². The van der Waals surface area contributed by atoms with Gasteiger partial charge in [0.05, 0.1) is 0 Å². The van der Waals surface area contributed by atoms with Crippen LogP contribution in [0.1, 0.15) is 47.5 Å². The van der Waals surface area contributed by atoms with E-state index in [2.05, 4.69) is 21.2 Å². The molecule has 0 aliphatic carbocycles. The highest BCUT2D eigenvalue weighted by atomic mass is 79.9. The number of halogens is 1. The van der Waals surface area contributed by atoms with Crippen LogP contribution in [0.2, 0.25) is 0 Å². The quantitative estimate of drug-likeness (QED) is 0.608. The smallest absolute Gasteiger partial charge is 0.408 e. The molecule has 4 N–H and O–H groups in total. The summed E-state index contributed by atoms with van der Waals surface area (Å²) in [6, 6.07) is -0.894. The molecule has 0 aliphatic heterocycles. The minimum Gasteiger partial charge on any atom is -0.480 e. The Bertz CT molecular complexity index is 367. The summed E-state index contributed by atoms with van der Waals surface area (Å²) in [5.41, 5.74) is 4.11. The van der Waals surface area contributed by atoms with E-state index >= 15 is 0 Å². The molecular weight excluding hydrogens is 356 g/mol. The maximum Gasteiger partial charge on any atom is 0.408 e. The molecule has 0 radical (unpaired) electrons. The maximum atomic E-state index is 11.4. The van der Waals surface area contributed by atoms with Crippen molar-refractivity contribution >= 4 is 33.9 Å². The fourth-order valence-electron chi connectivity index (χ4n) is 1.24. The molecule has 0 saturated carbocycles. The number of carboxylic acids is 1. The minimum atomic E-state index is -1.04. The number of nitrogens with one attached hydrogen (secondary N) is 1. The first kappa shape index (κ1) is 23.0. The van der Waals surface area contributed by atoms with Crippen molar-refractivity contribution in [2.45, 2.75) is 59.1 Å². The van der Waals surface area contributed by atoms with E-state index in [-0.39, 0.29) is 11.8 Å². The maximum absolute atomic E-state index is 11.4. The number of nitrogens with two attached hydrogens (primary N) is 1. The highest BCUT2D eigenvalue weighted by molar-refractivity contribution is 9.09. The van der Waals surface area contributed by atoms with Crippen LogP contribution in [-0.4, -0.2) is 40.0 Å². The molecule has 0 saturated heterocycles. The number of hydrogen-bond donors (Lipinski definition) is 3. The van der Waals surface area contributed by atoms with E-state index in [4.69, 9.17) is 15.6 Å². The van der Waals surface area contributed by atoms with E-state index in [1.807, 2.05) is 13.8 Å². The minimum absolute atomic E-state index is 0.191. The number of carbonyl (C=O) groups is 3. The largest absolute Gasteiger partial charge is 0.480 e. The second-order valence-electron chi connectivity index (χ2n) is 6.07. The zero-order valence-corrected chi connectivity index (χ0v) is 15.4. The molecule has 8 heteroatoms. The standard InChI is InChI=1S/C11H21NO4.C3H6BrNO/c1-7(2)6-8(9(13)14)12-10(15)16-11(3,4)5;4-2-1-3(5)6/h7-8H,6H2,1-5H3,(H,12,15)(H,13,14);1-2H2,(H2,5,6). The summed E-state index contributed by atoms with van der Waals surface area (Å²) in [6.45, 7) is 8.97. The van der Waals surface area contributed by atoms with Gasteiger partial charge >= 0.3 is 12.1 Å². The number of primary amides is 1. The highest BCUT2D eigenvalue weighted by Crippen LogP contribution is 2.09. The number of aliphatic carboxylic acids is 1. The van der Waals surface area contributed by atoms with Gasteiger partial charge in [0, 0.05) is 11.8 Å². The SMILES string of the molecule is CC(C)CC(NC(=O)OC(C)(C)C)C(=O)O.NC(=O)CCBr. The van der Waals surface area contributed by atoms with Crippen molar-refractivity contribution in [3.8, 4) is 0 Å². The molecule has 0 heterocycles. The van der Waals surface area contributed by atoms with Crippen molar-refractivity contribution in [3.05, 3.63) is 0 Å². The van der Waals surface area contributed by atoms with Crippen molar-refractivity contribution in [2.75, 3.05) is 5.33 Å². The predicted octanol–water partition coefficient (Wildman–Crippen LogP) is 2.27. The van der Waals surface area contributed by atoms with E-state index in [1.165, 1.54) is 0 Å². The molecule has 0 rings (SSSR count). The number of ether oxygens (including phenoxy) is 1. The van der Waals surface area contributed by atoms with Gasteiger partial charge in [-0.15, -0.1) is 0 Å². The summed E-state index contributed by atoms with van der Waals surface area (Å²) in [5.74, 6) is -1.11. The van der Waals surface area contributed by atoms with Crippen LogP contribution in [-0.2, 0) is 14.3 Å². The van der Waals surface area contributed by atoms with Crippen LogP contribution in [0.4, 0.5) is 4.79 Å². The Kier molecular flexibility index (Phi) is 11.8. The lowest BCUT2D eigenvalue weighted by Crippen LogP contribution is -2.44. The molecule has 2 amide bonds. The molecule has 1 atom stereocenters. The lowest BCUT2D eigenvalue weighted by molar-refractivity contribution is -0.139. The Balaban J connectivity index is 0. The fraction of sp³-hybridized carbons (Fsp3) is 0.786. The lowest BCUT2D eigenvalue weighted by atomic mass is 10.0. The third-order valence-corrected chi connectivity index (χ3v) is 2.43. The number of alkyl carbamates (subject to hydrolysis) is 1. The number of amides is 2. The second-order valence-corrected chi connectivity index (χ2v) is 6.86. The van der Waals surface area contributed by atoms with Gasteiger partial charge in [-0.1, -0.05) is 29.8 Å².